The molecule has 1 aliphatic heterocycles. The summed E-state index contributed by atoms with van der Waals surface area (Å²) in [7, 11) is 0. The third-order valence-corrected chi connectivity index (χ3v) is 2.22. The second kappa shape index (κ2) is 2.97. The standard InChI is InChI=1S/C10H11NO/c12-10-9(7-11-10)6-8-4-2-1-3-5-8/h1-5,9H,6-7H2,(H,11,12)/t9-/m0/s1. The van der Waals surface area contributed by atoms with E-state index in [1.807, 2.05) is 18.2 Å². The van der Waals surface area contributed by atoms with Crippen molar-refractivity contribution < 1.29 is 4.79 Å². The van der Waals surface area contributed by atoms with E-state index in [2.05, 4.69) is 17.4 Å². The van der Waals surface area contributed by atoms with Gasteiger partial charge >= 0.3 is 0 Å². The maximum absolute atomic E-state index is 10.9. The summed E-state index contributed by atoms with van der Waals surface area (Å²) in [5.74, 6) is 0.409. The molecule has 1 atom stereocenters. The van der Waals surface area contributed by atoms with E-state index in [1.54, 1.807) is 0 Å². The van der Waals surface area contributed by atoms with Gasteiger partial charge in [-0.1, -0.05) is 30.3 Å². The van der Waals surface area contributed by atoms with Crippen LogP contribution in [0.4, 0.5) is 0 Å². The Morgan fingerprint density at radius 1 is 1.33 bits per heavy atom. The van der Waals surface area contributed by atoms with Crippen LogP contribution in [0, 0.1) is 5.92 Å². The van der Waals surface area contributed by atoms with Crippen LogP contribution in [-0.2, 0) is 11.2 Å². The second-order valence-corrected chi connectivity index (χ2v) is 3.13. The number of amides is 1. The van der Waals surface area contributed by atoms with Crippen molar-refractivity contribution in [2.45, 2.75) is 6.42 Å². The molecule has 1 N–H and O–H groups in total. The van der Waals surface area contributed by atoms with E-state index in [-0.39, 0.29) is 11.8 Å². The Labute approximate surface area is 71.6 Å². The minimum absolute atomic E-state index is 0.193. The molecule has 0 aromatic heterocycles. The predicted octanol–water partition coefficient (Wildman–Crippen LogP) is 0.975. The molecule has 0 spiro atoms. The molecule has 2 rings (SSSR count). The van der Waals surface area contributed by atoms with Gasteiger partial charge in [0.15, 0.2) is 0 Å². The molecule has 1 aliphatic rings. The lowest BCUT2D eigenvalue weighted by Crippen LogP contribution is -2.49. The number of carbonyl (C=O) groups is 1. The number of β-lactam (4-membered cyclic amide) rings is 1. The fourth-order valence-electron chi connectivity index (χ4n) is 1.39. The van der Waals surface area contributed by atoms with Crippen molar-refractivity contribution >= 4 is 5.91 Å². The Balaban J connectivity index is 2.00. The molecule has 62 valence electrons. The summed E-state index contributed by atoms with van der Waals surface area (Å²) in [5, 5.41) is 2.74. The van der Waals surface area contributed by atoms with Crippen molar-refractivity contribution in [1.29, 1.82) is 0 Å². The maximum Gasteiger partial charge on any atom is 0.225 e. The van der Waals surface area contributed by atoms with Crippen LogP contribution in [0.2, 0.25) is 0 Å². The number of nitrogens with one attached hydrogen (secondary N) is 1. The molecule has 0 radical (unpaired) electrons. The molecular formula is C10H11NO. The van der Waals surface area contributed by atoms with Gasteiger partial charge in [0.05, 0.1) is 5.92 Å². The fraction of sp³-hybridized carbons (Fsp3) is 0.300. The molecule has 12 heavy (non-hydrogen) atoms. The molecule has 1 amide bonds. The summed E-state index contributed by atoms with van der Waals surface area (Å²) in [6, 6.07) is 10.1. The highest BCUT2D eigenvalue weighted by Crippen LogP contribution is 2.12. The quantitative estimate of drug-likeness (QED) is 0.643. The van der Waals surface area contributed by atoms with Crippen molar-refractivity contribution in [3.8, 4) is 0 Å². The average Bonchev–Trinajstić information content (AvgIpc) is 2.14. The van der Waals surface area contributed by atoms with Crippen LogP contribution < -0.4 is 5.32 Å². The summed E-state index contributed by atoms with van der Waals surface area (Å²) >= 11 is 0. The molecular weight excluding hydrogens is 150 g/mol. The zero-order valence-electron chi connectivity index (χ0n) is 6.79. The molecule has 1 aromatic rings. The SMILES string of the molecule is O=C1NC[C@@H]1Cc1ccccc1. The normalized spacial score (nSPS) is 21.3. The molecule has 1 heterocycles. The summed E-state index contributed by atoms with van der Waals surface area (Å²) in [5.41, 5.74) is 1.25. The Kier molecular flexibility index (Phi) is 1.82. The molecule has 0 bridgehead atoms. The fourth-order valence-corrected chi connectivity index (χ4v) is 1.39. The molecule has 2 heteroatoms. The first-order valence-corrected chi connectivity index (χ1v) is 4.18. The van der Waals surface area contributed by atoms with E-state index in [0.717, 1.165) is 13.0 Å². The van der Waals surface area contributed by atoms with E-state index < -0.39 is 0 Å². The summed E-state index contributed by atoms with van der Waals surface area (Å²) in [6.07, 6.45) is 0.882. The lowest BCUT2D eigenvalue weighted by Gasteiger charge is -2.25. The monoisotopic (exact) mass is 161 g/mol. The van der Waals surface area contributed by atoms with Gasteiger partial charge in [0.25, 0.3) is 0 Å². The smallest absolute Gasteiger partial charge is 0.225 e. The lowest BCUT2D eigenvalue weighted by molar-refractivity contribution is -0.131. The highest BCUT2D eigenvalue weighted by Gasteiger charge is 2.26. The van der Waals surface area contributed by atoms with Crippen molar-refractivity contribution in [3.63, 3.8) is 0 Å². The topological polar surface area (TPSA) is 29.1 Å². The summed E-state index contributed by atoms with van der Waals surface area (Å²) in [4.78, 5) is 10.9. The summed E-state index contributed by atoms with van der Waals surface area (Å²) in [6.45, 7) is 0.841. The van der Waals surface area contributed by atoms with Crippen molar-refractivity contribution in [2.24, 2.45) is 5.92 Å². The average molecular weight is 161 g/mol. The predicted molar refractivity (Wildman–Crippen MR) is 46.6 cm³/mol. The van der Waals surface area contributed by atoms with E-state index in [1.165, 1.54) is 5.56 Å². The van der Waals surface area contributed by atoms with Crippen LogP contribution in [0.1, 0.15) is 5.56 Å². The first-order valence-electron chi connectivity index (χ1n) is 4.18. The Bertz CT molecular complexity index is 281. The lowest BCUT2D eigenvalue weighted by atomic mass is 9.93. The third-order valence-electron chi connectivity index (χ3n) is 2.22. The molecule has 1 fully saturated rings. The van der Waals surface area contributed by atoms with Gasteiger partial charge in [-0.15, -0.1) is 0 Å². The van der Waals surface area contributed by atoms with E-state index in [9.17, 15) is 4.79 Å². The van der Waals surface area contributed by atoms with E-state index >= 15 is 0 Å². The van der Waals surface area contributed by atoms with Gasteiger partial charge < -0.3 is 5.32 Å². The maximum atomic E-state index is 10.9. The third kappa shape index (κ3) is 1.33. The van der Waals surface area contributed by atoms with Crippen LogP contribution >= 0.6 is 0 Å². The molecule has 2 nitrogen and oxygen atoms in total. The zero-order valence-corrected chi connectivity index (χ0v) is 6.79. The highest BCUT2D eigenvalue weighted by atomic mass is 16.2. The number of hydrogen-bond acceptors (Lipinski definition) is 1. The van der Waals surface area contributed by atoms with Gasteiger partial charge in [0.1, 0.15) is 0 Å². The minimum atomic E-state index is 0.193. The van der Waals surface area contributed by atoms with Gasteiger partial charge in [0.2, 0.25) is 5.91 Å². The zero-order chi connectivity index (χ0) is 8.39. The highest BCUT2D eigenvalue weighted by molar-refractivity contribution is 5.84. The van der Waals surface area contributed by atoms with Crippen molar-refractivity contribution in [3.05, 3.63) is 35.9 Å². The molecule has 1 saturated heterocycles. The molecule has 0 saturated carbocycles. The molecule has 0 unspecified atom stereocenters. The van der Waals surface area contributed by atoms with Gasteiger partial charge in [-0.2, -0.15) is 0 Å². The first-order chi connectivity index (χ1) is 5.86. The molecule has 0 aliphatic carbocycles. The Morgan fingerprint density at radius 2 is 2.08 bits per heavy atom. The van der Waals surface area contributed by atoms with Crippen LogP contribution in [-0.4, -0.2) is 12.5 Å². The number of carbonyl (C=O) groups excluding carboxylic acids is 1. The van der Waals surface area contributed by atoms with Crippen molar-refractivity contribution in [2.75, 3.05) is 6.54 Å². The van der Waals surface area contributed by atoms with Crippen molar-refractivity contribution in [1.82, 2.24) is 5.32 Å². The summed E-state index contributed by atoms with van der Waals surface area (Å²) < 4.78 is 0. The first kappa shape index (κ1) is 7.35. The second-order valence-electron chi connectivity index (χ2n) is 3.13. The minimum Gasteiger partial charge on any atom is -0.355 e. The van der Waals surface area contributed by atoms with Crippen LogP contribution in [0.15, 0.2) is 30.3 Å². The van der Waals surface area contributed by atoms with Crippen LogP contribution in [0.3, 0.4) is 0 Å². The Morgan fingerprint density at radius 3 is 2.58 bits per heavy atom. The van der Waals surface area contributed by atoms with E-state index in [0.29, 0.717) is 0 Å². The van der Waals surface area contributed by atoms with Gasteiger partial charge in [-0.05, 0) is 12.0 Å². The molecule has 1 aromatic carbocycles. The number of benzene rings is 1. The number of rotatable bonds is 2. The number of hydrogen-bond donors (Lipinski definition) is 1. The van der Waals surface area contributed by atoms with Crippen LogP contribution in [0.5, 0.6) is 0 Å². The largest absolute Gasteiger partial charge is 0.355 e. The Hall–Kier alpha value is -1.31. The van der Waals surface area contributed by atoms with Gasteiger partial charge in [-0.25, -0.2) is 0 Å². The van der Waals surface area contributed by atoms with E-state index in [4.69, 9.17) is 0 Å². The van der Waals surface area contributed by atoms with Crippen LogP contribution in [0.25, 0.3) is 0 Å². The van der Waals surface area contributed by atoms with Gasteiger partial charge in [-0.3, -0.25) is 4.79 Å². The van der Waals surface area contributed by atoms with Gasteiger partial charge in [0, 0.05) is 6.54 Å².